The van der Waals surface area contributed by atoms with Gasteiger partial charge >= 0.3 is 5.97 Å². The number of benzene rings is 1. The van der Waals surface area contributed by atoms with Crippen LogP contribution in [0.15, 0.2) is 18.2 Å². The number of ether oxygens (including phenoxy) is 5. The molecule has 1 aromatic rings. The monoisotopic (exact) mass is 950 g/mol. The number of esters is 1. The van der Waals surface area contributed by atoms with E-state index in [2.05, 4.69) is 16.0 Å². The lowest BCUT2D eigenvalue weighted by atomic mass is 10.0. The minimum absolute atomic E-state index is 0.0187. The summed E-state index contributed by atoms with van der Waals surface area (Å²) in [5, 5.41) is 7.99. The van der Waals surface area contributed by atoms with Gasteiger partial charge in [-0.3, -0.25) is 48.1 Å². The number of hydrogen-bond acceptors (Lipinski definition) is 14. The van der Waals surface area contributed by atoms with Gasteiger partial charge in [-0.25, -0.2) is 0 Å². The lowest BCUT2D eigenvalue weighted by Crippen LogP contribution is -2.51. The molecule has 0 aliphatic carbocycles. The average Bonchev–Trinajstić information content (AvgIpc) is 3.28. The van der Waals surface area contributed by atoms with Crippen molar-refractivity contribution in [3.63, 3.8) is 0 Å². The summed E-state index contributed by atoms with van der Waals surface area (Å²) < 4.78 is 27.4. The van der Waals surface area contributed by atoms with Crippen molar-refractivity contribution < 1.29 is 66.8 Å². The van der Waals surface area contributed by atoms with Crippen LogP contribution < -0.4 is 16.0 Å². The third-order valence-corrected chi connectivity index (χ3v) is 10.2. The summed E-state index contributed by atoms with van der Waals surface area (Å²) in [4.78, 5) is 117. The first kappa shape index (κ1) is 59.5. The van der Waals surface area contributed by atoms with Gasteiger partial charge in [-0.2, -0.15) is 0 Å². The molecule has 21 nitrogen and oxygen atoms in total. The Morgan fingerprint density at radius 1 is 0.687 bits per heavy atom. The molecule has 0 aliphatic heterocycles. The van der Waals surface area contributed by atoms with Crippen molar-refractivity contribution in [2.24, 2.45) is 17.8 Å². The van der Waals surface area contributed by atoms with Crippen molar-refractivity contribution in [1.82, 2.24) is 30.2 Å². The fourth-order valence-electron chi connectivity index (χ4n) is 5.69. The maximum Gasteiger partial charge on any atom is 0.308 e. The van der Waals surface area contributed by atoms with Crippen LogP contribution in [0.5, 0.6) is 0 Å². The van der Waals surface area contributed by atoms with E-state index in [0.29, 0.717) is 29.6 Å². The lowest BCUT2D eigenvalue weighted by molar-refractivity contribution is -0.148. The van der Waals surface area contributed by atoms with Gasteiger partial charge in [0.2, 0.25) is 47.8 Å². The van der Waals surface area contributed by atoms with Crippen LogP contribution in [0.1, 0.15) is 78.4 Å². The summed E-state index contributed by atoms with van der Waals surface area (Å²) in [6.07, 6.45) is 1.24. The summed E-state index contributed by atoms with van der Waals surface area (Å²) in [6.45, 7) is 11.5. The largest absolute Gasteiger partial charge is 0.461 e. The summed E-state index contributed by atoms with van der Waals surface area (Å²) in [6, 6.07) is 4.01. The molecule has 0 fully saturated rings. The van der Waals surface area contributed by atoms with Gasteiger partial charge in [-0.1, -0.05) is 47.6 Å². The number of hydrogen-bond donors (Lipinski definition) is 3. The Kier molecular flexibility index (Phi) is 29.3. The minimum atomic E-state index is -0.934. The average molecular weight is 950 g/mol. The number of imide groups is 1. The number of amides is 8. The van der Waals surface area contributed by atoms with Crippen LogP contribution in [0.3, 0.4) is 0 Å². The van der Waals surface area contributed by atoms with E-state index in [-0.39, 0.29) is 140 Å². The maximum atomic E-state index is 13.1. The number of rotatable bonds is 34. The summed E-state index contributed by atoms with van der Waals surface area (Å²) in [5.74, 6) is -3.78. The molecule has 0 radical (unpaired) electrons. The highest BCUT2D eigenvalue weighted by Crippen LogP contribution is 2.20. The normalized spacial score (nSPS) is 11.9. The third kappa shape index (κ3) is 24.7. The number of likely N-dealkylation sites (N-methyl/N-ethyl adjacent to an activating group) is 2. The van der Waals surface area contributed by atoms with Gasteiger partial charge in [0, 0.05) is 52.8 Å². The highest BCUT2D eigenvalue weighted by atomic mass is 16.5. The standard InChI is InChI=1S/C46H75N7O14/c1-11-34(6)45(61)53(31-54)17-21-66-25-24-63-18-14-38(55)49-43(32(2)3)44(60)47-27-39(56)48-37-13-12-35(30-67-46(62)33(4)5)36(26-37)28-51(9)40(57)15-19-64-22-23-65-20-16-41(58)52(10)29-42(59)50(7)8/h12-13,26,31-34,43H,11,14-25,27-30H2,1-10H3,(H,47,60)(H,48,56)(H,49,55). The second-order valence-corrected chi connectivity index (χ2v) is 16.7. The summed E-state index contributed by atoms with van der Waals surface area (Å²) in [7, 11) is 6.39. The molecule has 1 rings (SSSR count). The van der Waals surface area contributed by atoms with E-state index in [0.717, 1.165) is 4.90 Å². The molecule has 67 heavy (non-hydrogen) atoms. The molecule has 0 bridgehead atoms. The zero-order valence-corrected chi connectivity index (χ0v) is 41.1. The Balaban J connectivity index is 2.65. The maximum absolute atomic E-state index is 13.1. The first-order chi connectivity index (χ1) is 31.7. The molecule has 3 N–H and O–H groups in total. The number of anilines is 1. The quantitative estimate of drug-likeness (QED) is 0.0502. The van der Waals surface area contributed by atoms with Crippen LogP contribution in [-0.2, 0) is 80.0 Å². The van der Waals surface area contributed by atoms with Crippen LogP contribution in [0, 0.1) is 17.8 Å². The molecular weight excluding hydrogens is 875 g/mol. The first-order valence-corrected chi connectivity index (χ1v) is 22.6. The summed E-state index contributed by atoms with van der Waals surface area (Å²) >= 11 is 0. The van der Waals surface area contributed by atoms with Crippen LogP contribution >= 0.6 is 0 Å². The van der Waals surface area contributed by atoms with Gasteiger partial charge in [0.1, 0.15) is 12.6 Å². The van der Waals surface area contributed by atoms with Crippen molar-refractivity contribution in [3.8, 4) is 0 Å². The van der Waals surface area contributed by atoms with E-state index in [1.807, 2.05) is 6.92 Å². The van der Waals surface area contributed by atoms with Crippen LogP contribution in [-0.4, -0.2) is 180 Å². The van der Waals surface area contributed by atoms with Crippen molar-refractivity contribution in [3.05, 3.63) is 29.3 Å². The Morgan fingerprint density at radius 2 is 1.25 bits per heavy atom. The molecule has 2 atom stereocenters. The molecule has 0 saturated carbocycles. The zero-order valence-electron chi connectivity index (χ0n) is 41.1. The molecule has 0 heterocycles. The topological polar surface area (TPSA) is 249 Å². The number of nitrogens with zero attached hydrogens (tertiary/aromatic N) is 4. The van der Waals surface area contributed by atoms with Crippen LogP contribution in [0.4, 0.5) is 5.69 Å². The van der Waals surface area contributed by atoms with Gasteiger partial charge in [0.25, 0.3) is 0 Å². The molecule has 1 aromatic carbocycles. The Labute approximate surface area is 395 Å². The van der Waals surface area contributed by atoms with Gasteiger partial charge in [0.15, 0.2) is 0 Å². The predicted molar refractivity (Wildman–Crippen MR) is 247 cm³/mol. The van der Waals surface area contributed by atoms with E-state index >= 15 is 0 Å². The molecular formula is C46H75N7O14. The third-order valence-electron chi connectivity index (χ3n) is 10.2. The molecule has 0 aromatic heterocycles. The van der Waals surface area contributed by atoms with E-state index in [1.54, 1.807) is 81.0 Å². The molecule has 0 aliphatic rings. The minimum Gasteiger partial charge on any atom is -0.461 e. The van der Waals surface area contributed by atoms with Crippen molar-refractivity contribution in [2.45, 2.75) is 86.4 Å². The highest BCUT2D eigenvalue weighted by molar-refractivity contribution is 5.96. The fraction of sp³-hybridized carbons (Fsp3) is 0.674. The van der Waals surface area contributed by atoms with E-state index in [1.165, 1.54) is 14.7 Å². The van der Waals surface area contributed by atoms with Gasteiger partial charge in [-0.15, -0.1) is 0 Å². The van der Waals surface area contributed by atoms with E-state index < -0.39 is 36.3 Å². The Hall–Kier alpha value is -5.51. The smallest absolute Gasteiger partial charge is 0.308 e. The van der Waals surface area contributed by atoms with Crippen molar-refractivity contribution in [2.75, 3.05) is 106 Å². The number of nitrogens with one attached hydrogen (secondary N) is 3. The SMILES string of the molecule is CCC(C)C(=O)N(C=O)CCOCCOCCC(=O)NC(C(=O)NCC(=O)Nc1ccc(COC(=O)C(C)C)c(CN(C)C(=O)CCOCCOCCC(=O)N(C)CC(=O)N(C)C)c1)C(C)C. The molecule has 0 spiro atoms. The highest BCUT2D eigenvalue weighted by Gasteiger charge is 2.25. The Bertz CT molecular complexity index is 1760. The second kappa shape index (κ2) is 33.0. The van der Waals surface area contributed by atoms with Gasteiger partial charge < -0.3 is 54.3 Å². The number of carbonyl (C=O) groups excluding carboxylic acids is 9. The molecule has 8 amide bonds. The van der Waals surface area contributed by atoms with E-state index in [4.69, 9.17) is 23.7 Å². The molecule has 2 unspecified atom stereocenters. The lowest BCUT2D eigenvalue weighted by Gasteiger charge is -2.22. The zero-order chi connectivity index (χ0) is 50.5. The first-order valence-electron chi connectivity index (χ1n) is 22.6. The summed E-state index contributed by atoms with van der Waals surface area (Å²) in [5.41, 5.74) is 1.59. The second-order valence-electron chi connectivity index (χ2n) is 16.7. The number of carbonyl (C=O) groups is 9. The van der Waals surface area contributed by atoms with Crippen molar-refractivity contribution >= 4 is 59.4 Å². The van der Waals surface area contributed by atoms with Crippen LogP contribution in [0.2, 0.25) is 0 Å². The molecule has 21 heteroatoms. The predicted octanol–water partition coefficient (Wildman–Crippen LogP) is 1.35. The Morgan fingerprint density at radius 3 is 1.79 bits per heavy atom. The fourth-order valence-corrected chi connectivity index (χ4v) is 5.69. The van der Waals surface area contributed by atoms with Gasteiger partial charge in [0.05, 0.1) is 91.2 Å². The molecule has 378 valence electrons. The van der Waals surface area contributed by atoms with E-state index in [9.17, 15) is 43.2 Å². The van der Waals surface area contributed by atoms with Gasteiger partial charge in [-0.05, 0) is 35.6 Å². The molecule has 0 saturated heterocycles. The van der Waals surface area contributed by atoms with Crippen LogP contribution in [0.25, 0.3) is 0 Å². The van der Waals surface area contributed by atoms with Crippen molar-refractivity contribution in [1.29, 1.82) is 0 Å².